The van der Waals surface area contributed by atoms with Gasteiger partial charge in [-0.2, -0.15) is 0 Å². The molecule has 4 fully saturated rings. The number of carbonyl (C=O) groups is 3. The van der Waals surface area contributed by atoms with Crippen LogP contribution in [0.3, 0.4) is 0 Å². The second kappa shape index (κ2) is 6.48. The molecule has 29 heavy (non-hydrogen) atoms. The van der Waals surface area contributed by atoms with Crippen molar-refractivity contribution in [2.45, 2.75) is 83.7 Å². The van der Waals surface area contributed by atoms with E-state index in [0.29, 0.717) is 37.7 Å². The number of hydrogen-bond donors (Lipinski definition) is 0. The normalized spacial score (nSPS) is 46.0. The zero-order chi connectivity index (χ0) is 21.4. The number of esters is 1. The maximum Gasteiger partial charge on any atom is 0.302 e. The molecule has 0 N–H and O–H groups in total. The summed E-state index contributed by atoms with van der Waals surface area (Å²) in [4.78, 5) is 38.3. The summed E-state index contributed by atoms with van der Waals surface area (Å²) in [7, 11) is 1.60. The van der Waals surface area contributed by atoms with E-state index in [4.69, 9.17) is 14.2 Å². The van der Waals surface area contributed by atoms with Gasteiger partial charge >= 0.3 is 5.97 Å². The summed E-state index contributed by atoms with van der Waals surface area (Å²) in [5.41, 5.74) is -1.38. The molecule has 0 aromatic rings. The zero-order valence-electron chi connectivity index (χ0n) is 18.1. The number of ether oxygens (including phenoxy) is 3. The van der Waals surface area contributed by atoms with Crippen LogP contribution < -0.4 is 0 Å². The van der Waals surface area contributed by atoms with Crippen molar-refractivity contribution in [2.24, 2.45) is 22.7 Å². The highest BCUT2D eigenvalue weighted by Crippen LogP contribution is 2.62. The van der Waals surface area contributed by atoms with Gasteiger partial charge in [-0.15, -0.1) is 0 Å². The Kier molecular flexibility index (Phi) is 4.63. The van der Waals surface area contributed by atoms with Gasteiger partial charge in [0.05, 0.1) is 6.10 Å². The summed E-state index contributed by atoms with van der Waals surface area (Å²) in [5, 5.41) is 0. The Balaban J connectivity index is 1.77. The van der Waals surface area contributed by atoms with Gasteiger partial charge < -0.3 is 14.2 Å². The van der Waals surface area contributed by atoms with E-state index >= 15 is 0 Å². The molecule has 7 atom stereocenters. The monoisotopic (exact) mass is 404 g/mol. The summed E-state index contributed by atoms with van der Waals surface area (Å²) in [6.07, 6.45) is 1.85. The third-order valence-corrected chi connectivity index (χ3v) is 8.41. The van der Waals surface area contributed by atoms with Crippen LogP contribution in [0.2, 0.25) is 0 Å². The summed E-state index contributed by atoms with van der Waals surface area (Å²) in [6.45, 7) is 11.6. The molecule has 4 aliphatic rings. The lowest BCUT2D eigenvalue weighted by Crippen LogP contribution is -2.56. The van der Waals surface area contributed by atoms with Crippen LogP contribution in [-0.4, -0.2) is 48.6 Å². The van der Waals surface area contributed by atoms with Gasteiger partial charge in [0.1, 0.15) is 18.0 Å². The van der Waals surface area contributed by atoms with Crippen LogP contribution in [0.15, 0.2) is 12.2 Å². The highest BCUT2D eigenvalue weighted by molar-refractivity contribution is 6.08. The molecule has 6 heteroatoms. The Labute approximate surface area is 172 Å². The molecule has 1 heterocycles. The third-order valence-electron chi connectivity index (χ3n) is 8.41. The van der Waals surface area contributed by atoms with Crippen molar-refractivity contribution < 1.29 is 28.6 Å². The van der Waals surface area contributed by atoms with E-state index in [2.05, 4.69) is 20.4 Å². The Morgan fingerprint density at radius 2 is 1.86 bits per heavy atom. The van der Waals surface area contributed by atoms with Gasteiger partial charge in [-0.05, 0) is 37.2 Å². The summed E-state index contributed by atoms with van der Waals surface area (Å²) >= 11 is 0. The van der Waals surface area contributed by atoms with E-state index in [-0.39, 0.29) is 41.6 Å². The third kappa shape index (κ3) is 2.71. The van der Waals surface area contributed by atoms with Crippen molar-refractivity contribution in [2.75, 3.05) is 7.11 Å². The fourth-order valence-corrected chi connectivity index (χ4v) is 6.64. The predicted molar refractivity (Wildman–Crippen MR) is 105 cm³/mol. The van der Waals surface area contributed by atoms with E-state index in [1.807, 2.05) is 6.92 Å². The van der Waals surface area contributed by atoms with Crippen LogP contribution in [0.5, 0.6) is 0 Å². The Hall–Kier alpha value is -1.53. The first kappa shape index (κ1) is 20.7. The van der Waals surface area contributed by atoms with Gasteiger partial charge in [-0.3, -0.25) is 14.4 Å². The fourth-order valence-electron chi connectivity index (χ4n) is 6.64. The number of ketones is 2. The minimum atomic E-state index is -0.956. The van der Waals surface area contributed by atoms with Crippen molar-refractivity contribution in [1.82, 2.24) is 0 Å². The zero-order valence-corrected chi connectivity index (χ0v) is 18.1. The molecule has 0 amide bonds. The SMILES string of the molecule is C=C1C(=O)C23OC2C1CCC(=O)C1(C)CCC(OC(C)=O)C(C)(C)C1CC3OC. The maximum absolute atomic E-state index is 13.5. The second-order valence-electron chi connectivity index (χ2n) is 10.1. The standard InChI is InChI=1S/C23H32O6/c1-12-14-7-8-16(25)22(5)10-9-17(28-13(2)24)21(3,4)15(22)11-18(27-6)23(19(12)26)20(14)29-23/h14-15,17-18,20H,1,7-11H2,2-6H3. The average molecular weight is 405 g/mol. The Morgan fingerprint density at radius 1 is 1.17 bits per heavy atom. The van der Waals surface area contributed by atoms with Crippen LogP contribution in [0, 0.1) is 22.7 Å². The first-order chi connectivity index (χ1) is 13.5. The molecule has 0 aromatic heterocycles. The van der Waals surface area contributed by atoms with E-state index in [9.17, 15) is 14.4 Å². The minimum Gasteiger partial charge on any atom is -0.462 e. The molecule has 160 valence electrons. The molecule has 7 unspecified atom stereocenters. The predicted octanol–water partition coefficient (Wildman–Crippen LogP) is 3.02. The van der Waals surface area contributed by atoms with Crippen LogP contribution >= 0.6 is 0 Å². The molecule has 2 bridgehead atoms. The van der Waals surface area contributed by atoms with Crippen LogP contribution in [0.1, 0.15) is 59.8 Å². The number of epoxide rings is 1. The molecule has 3 saturated carbocycles. The lowest BCUT2D eigenvalue weighted by atomic mass is 9.51. The number of carbonyl (C=O) groups excluding carboxylic acids is 3. The highest BCUT2D eigenvalue weighted by atomic mass is 16.6. The van der Waals surface area contributed by atoms with Gasteiger partial charge in [0.2, 0.25) is 0 Å². The molecular formula is C23H32O6. The van der Waals surface area contributed by atoms with E-state index < -0.39 is 22.5 Å². The smallest absolute Gasteiger partial charge is 0.302 e. The number of hydrogen-bond acceptors (Lipinski definition) is 6. The number of fused-ring (bicyclic) bond motifs is 1. The van der Waals surface area contributed by atoms with E-state index in [0.717, 1.165) is 0 Å². The maximum atomic E-state index is 13.5. The second-order valence-corrected chi connectivity index (χ2v) is 10.1. The molecule has 0 aromatic carbocycles. The molecule has 3 aliphatic carbocycles. The average Bonchev–Trinajstić information content (AvgIpc) is 3.34. The topological polar surface area (TPSA) is 82.2 Å². The lowest BCUT2D eigenvalue weighted by Gasteiger charge is -2.54. The first-order valence-electron chi connectivity index (χ1n) is 10.6. The Bertz CT molecular complexity index is 784. The summed E-state index contributed by atoms with van der Waals surface area (Å²) < 4.78 is 17.5. The van der Waals surface area contributed by atoms with Gasteiger partial charge in [0.15, 0.2) is 11.4 Å². The molecule has 1 aliphatic heterocycles. The van der Waals surface area contributed by atoms with Gasteiger partial charge in [-0.25, -0.2) is 0 Å². The fraction of sp³-hybridized carbons (Fsp3) is 0.783. The van der Waals surface area contributed by atoms with Gasteiger partial charge in [-0.1, -0.05) is 27.4 Å². The molecule has 0 spiro atoms. The van der Waals surface area contributed by atoms with Gasteiger partial charge in [0.25, 0.3) is 0 Å². The molecule has 1 saturated heterocycles. The number of Topliss-reactive ketones (excluding diaryl/α,β-unsaturated/α-hetero) is 2. The van der Waals surface area contributed by atoms with E-state index in [1.54, 1.807) is 7.11 Å². The molecule has 6 nitrogen and oxygen atoms in total. The van der Waals surface area contributed by atoms with Crippen molar-refractivity contribution >= 4 is 17.5 Å². The van der Waals surface area contributed by atoms with Crippen LogP contribution in [0.4, 0.5) is 0 Å². The van der Waals surface area contributed by atoms with Crippen molar-refractivity contribution in [3.8, 4) is 0 Å². The quantitative estimate of drug-likeness (QED) is 0.400. The molecular weight excluding hydrogens is 372 g/mol. The van der Waals surface area contributed by atoms with Crippen molar-refractivity contribution in [3.05, 3.63) is 12.2 Å². The molecule has 4 rings (SSSR count). The minimum absolute atomic E-state index is 0.0689. The Morgan fingerprint density at radius 3 is 2.48 bits per heavy atom. The largest absolute Gasteiger partial charge is 0.462 e. The summed E-state index contributed by atoms with van der Waals surface area (Å²) in [6, 6.07) is 0. The first-order valence-corrected chi connectivity index (χ1v) is 10.6. The van der Waals surface area contributed by atoms with E-state index in [1.165, 1.54) is 6.92 Å². The van der Waals surface area contributed by atoms with Crippen molar-refractivity contribution in [3.63, 3.8) is 0 Å². The summed E-state index contributed by atoms with van der Waals surface area (Å²) in [5.74, 6) is -0.374. The number of methoxy groups -OCH3 is 1. The lowest BCUT2D eigenvalue weighted by molar-refractivity contribution is -0.175. The van der Waals surface area contributed by atoms with Crippen molar-refractivity contribution in [1.29, 1.82) is 0 Å². The molecule has 0 radical (unpaired) electrons. The van der Waals surface area contributed by atoms with Crippen LogP contribution in [-0.2, 0) is 28.6 Å². The highest BCUT2D eigenvalue weighted by Gasteiger charge is 2.76. The van der Waals surface area contributed by atoms with Gasteiger partial charge in [0, 0.05) is 37.2 Å². The van der Waals surface area contributed by atoms with Crippen LogP contribution in [0.25, 0.3) is 0 Å². The number of rotatable bonds is 2.